The lowest BCUT2D eigenvalue weighted by molar-refractivity contribution is -0.140. The number of rotatable bonds is 12. The maximum absolute atomic E-state index is 12.6. The molecule has 0 saturated carbocycles. The maximum atomic E-state index is 12.6. The third-order valence-corrected chi connectivity index (χ3v) is 5.97. The number of hydrogen-bond acceptors (Lipinski definition) is 9. The van der Waals surface area contributed by atoms with Crippen molar-refractivity contribution in [3.8, 4) is 17.2 Å². The van der Waals surface area contributed by atoms with Crippen molar-refractivity contribution in [1.29, 1.82) is 0 Å². The smallest absolute Gasteiger partial charge is 0.341 e. The Balaban J connectivity index is 1.65. The van der Waals surface area contributed by atoms with Crippen LogP contribution in [0.2, 0.25) is 10.0 Å². The van der Waals surface area contributed by atoms with E-state index in [0.717, 1.165) is 0 Å². The highest BCUT2D eigenvalue weighted by molar-refractivity contribution is 6.37. The molecule has 1 atom stereocenters. The molecular formula is C26H26Cl2N4O9. The molecular weight excluding hydrogens is 583 g/mol. The summed E-state index contributed by atoms with van der Waals surface area (Å²) in [5.41, 5.74) is 3.83. The molecule has 0 unspecified atom stereocenters. The van der Waals surface area contributed by atoms with Gasteiger partial charge in [0.05, 0.1) is 41.6 Å². The Morgan fingerprint density at radius 2 is 1.80 bits per heavy atom. The molecule has 1 aliphatic heterocycles. The number of carbonyl (C=O) groups is 4. The number of carbonyl (C=O) groups excluding carboxylic acids is 3. The first-order valence-electron chi connectivity index (χ1n) is 12.0. The van der Waals surface area contributed by atoms with Crippen LogP contribution in [0.15, 0.2) is 46.7 Å². The van der Waals surface area contributed by atoms with Gasteiger partial charge < -0.3 is 34.7 Å². The Morgan fingerprint density at radius 3 is 2.44 bits per heavy atom. The van der Waals surface area contributed by atoms with E-state index in [-0.39, 0.29) is 39.5 Å². The van der Waals surface area contributed by atoms with Gasteiger partial charge in [0, 0.05) is 5.70 Å². The molecule has 2 aromatic carbocycles. The number of aliphatic carboxylic acids is 1. The Bertz CT molecular complexity index is 1390. The van der Waals surface area contributed by atoms with E-state index in [1.54, 1.807) is 26.0 Å². The molecule has 13 nitrogen and oxygen atoms in total. The third-order valence-electron chi connectivity index (χ3n) is 5.41. The summed E-state index contributed by atoms with van der Waals surface area (Å²) in [6, 6.07) is 6.30. The lowest BCUT2D eigenvalue weighted by Gasteiger charge is -2.28. The van der Waals surface area contributed by atoms with Gasteiger partial charge in [0.25, 0.3) is 5.91 Å². The van der Waals surface area contributed by atoms with Gasteiger partial charge in [0.1, 0.15) is 0 Å². The molecule has 41 heavy (non-hydrogen) atoms. The van der Waals surface area contributed by atoms with Crippen LogP contribution in [0.25, 0.3) is 0 Å². The molecule has 4 N–H and O–H groups in total. The number of esters is 1. The fourth-order valence-electron chi connectivity index (χ4n) is 3.69. The number of carboxylic acids is 1. The van der Waals surface area contributed by atoms with Crippen molar-refractivity contribution in [3.63, 3.8) is 0 Å². The molecule has 0 bridgehead atoms. The van der Waals surface area contributed by atoms with Gasteiger partial charge in [-0.2, -0.15) is 5.10 Å². The molecule has 15 heteroatoms. The van der Waals surface area contributed by atoms with E-state index in [1.807, 2.05) is 0 Å². The number of amides is 3. The normalized spacial score (nSPS) is 14.7. The van der Waals surface area contributed by atoms with Gasteiger partial charge in [-0.05, 0) is 49.2 Å². The fourth-order valence-corrected chi connectivity index (χ4v) is 4.30. The van der Waals surface area contributed by atoms with Gasteiger partial charge in [0.15, 0.2) is 30.5 Å². The van der Waals surface area contributed by atoms with Crippen LogP contribution in [-0.2, 0) is 19.1 Å². The van der Waals surface area contributed by atoms with Gasteiger partial charge in [-0.25, -0.2) is 19.8 Å². The zero-order chi connectivity index (χ0) is 30.1. The van der Waals surface area contributed by atoms with Crippen LogP contribution in [0.4, 0.5) is 4.79 Å². The van der Waals surface area contributed by atoms with Crippen molar-refractivity contribution in [3.05, 3.63) is 62.8 Å². The average Bonchev–Trinajstić information content (AvgIpc) is 2.90. The van der Waals surface area contributed by atoms with Crippen LogP contribution >= 0.6 is 23.2 Å². The van der Waals surface area contributed by atoms with Crippen LogP contribution in [0.3, 0.4) is 0 Å². The second-order valence-corrected chi connectivity index (χ2v) is 9.09. The zero-order valence-electron chi connectivity index (χ0n) is 22.1. The van der Waals surface area contributed by atoms with E-state index >= 15 is 0 Å². The number of methoxy groups -OCH3 is 1. The number of ether oxygens (including phenoxy) is 4. The summed E-state index contributed by atoms with van der Waals surface area (Å²) in [5, 5.41) is 18.0. The molecule has 0 aromatic heterocycles. The number of nitrogens with one attached hydrogen (secondary N) is 3. The Kier molecular flexibility index (Phi) is 10.8. The second-order valence-electron chi connectivity index (χ2n) is 8.28. The predicted octanol–water partition coefficient (Wildman–Crippen LogP) is 3.19. The first-order chi connectivity index (χ1) is 19.5. The average molecular weight is 609 g/mol. The van der Waals surface area contributed by atoms with Crippen LogP contribution in [-0.4, -0.2) is 62.1 Å². The lowest BCUT2D eigenvalue weighted by Crippen LogP contribution is -2.45. The monoisotopic (exact) mass is 608 g/mol. The summed E-state index contributed by atoms with van der Waals surface area (Å²) in [6.45, 7) is 2.40. The molecule has 3 rings (SSSR count). The summed E-state index contributed by atoms with van der Waals surface area (Å²) in [6.07, 6.45) is 1.27. The van der Waals surface area contributed by atoms with Crippen LogP contribution in [0.1, 0.15) is 31.0 Å². The number of hydrogen-bond donors (Lipinski definition) is 4. The highest BCUT2D eigenvalue weighted by atomic mass is 35.5. The van der Waals surface area contributed by atoms with E-state index in [1.165, 1.54) is 31.5 Å². The molecule has 1 aliphatic rings. The number of carboxylic acid groups (broad SMARTS) is 1. The maximum Gasteiger partial charge on any atom is 0.341 e. The minimum atomic E-state index is -1.19. The van der Waals surface area contributed by atoms with Gasteiger partial charge in [-0.1, -0.05) is 29.3 Å². The number of urea groups is 1. The quantitative estimate of drug-likeness (QED) is 0.160. The van der Waals surface area contributed by atoms with Crippen LogP contribution in [0, 0.1) is 0 Å². The van der Waals surface area contributed by atoms with E-state index in [4.69, 9.17) is 47.3 Å². The summed E-state index contributed by atoms with van der Waals surface area (Å²) >= 11 is 12.2. The van der Waals surface area contributed by atoms with Gasteiger partial charge in [-0.15, -0.1) is 0 Å². The molecule has 0 fully saturated rings. The van der Waals surface area contributed by atoms with Gasteiger partial charge in [0.2, 0.25) is 0 Å². The molecule has 2 aromatic rings. The van der Waals surface area contributed by atoms with Crippen molar-refractivity contribution in [2.75, 3.05) is 26.9 Å². The van der Waals surface area contributed by atoms with E-state index in [9.17, 15) is 19.2 Å². The first-order valence-corrected chi connectivity index (χ1v) is 12.7. The van der Waals surface area contributed by atoms with Gasteiger partial charge in [-0.3, -0.25) is 4.79 Å². The molecule has 0 aliphatic carbocycles. The first kappa shape index (κ1) is 31.0. The zero-order valence-corrected chi connectivity index (χ0v) is 23.6. The molecule has 3 amide bonds. The van der Waals surface area contributed by atoms with Crippen LogP contribution < -0.4 is 30.3 Å². The molecule has 218 valence electrons. The molecule has 0 saturated heterocycles. The summed E-state index contributed by atoms with van der Waals surface area (Å²) in [5.74, 6) is -1.87. The lowest BCUT2D eigenvalue weighted by atomic mass is 9.95. The Labute approximate surface area is 244 Å². The predicted molar refractivity (Wildman–Crippen MR) is 148 cm³/mol. The number of nitrogens with zero attached hydrogens (tertiary/aromatic N) is 1. The topological polar surface area (TPSA) is 174 Å². The minimum Gasteiger partial charge on any atom is -0.493 e. The summed E-state index contributed by atoms with van der Waals surface area (Å²) in [4.78, 5) is 47.6. The number of hydrazone groups is 1. The van der Waals surface area contributed by atoms with Gasteiger partial charge >= 0.3 is 18.0 Å². The van der Waals surface area contributed by atoms with Crippen LogP contribution in [0.5, 0.6) is 17.2 Å². The molecule has 1 heterocycles. The van der Waals surface area contributed by atoms with Crippen molar-refractivity contribution in [1.82, 2.24) is 16.1 Å². The standard InChI is InChI=1S/C26H26Cl2N4O9/c1-4-39-25(36)22-13(2)30-26(37)31-23(22)15-5-6-18(19(9-15)38-3)40-11-20(33)32-29-10-14-7-16(27)24(17(28)8-14)41-12-21(34)35/h5-10,23H,4,11-12H2,1-3H3,(H,32,33)(H,34,35)(H2,30,31,37)/b29-10-/t23-/m0/s1. The Hall–Kier alpha value is -4.49. The second kappa shape index (κ2) is 14.2. The number of halogens is 2. The fraction of sp³-hybridized carbons (Fsp3) is 0.269. The molecule has 0 radical (unpaired) electrons. The molecule has 0 spiro atoms. The van der Waals surface area contributed by atoms with Crippen molar-refractivity contribution in [2.24, 2.45) is 5.10 Å². The summed E-state index contributed by atoms with van der Waals surface area (Å²) < 4.78 is 21.2. The summed E-state index contributed by atoms with van der Waals surface area (Å²) in [7, 11) is 1.40. The van der Waals surface area contributed by atoms with Crippen molar-refractivity contribution in [2.45, 2.75) is 19.9 Å². The third kappa shape index (κ3) is 8.25. The van der Waals surface area contributed by atoms with E-state index in [2.05, 4.69) is 21.2 Å². The Morgan fingerprint density at radius 1 is 1.10 bits per heavy atom. The number of allylic oxidation sites excluding steroid dienone is 1. The number of benzene rings is 2. The van der Waals surface area contributed by atoms with E-state index < -0.39 is 43.1 Å². The largest absolute Gasteiger partial charge is 0.493 e. The minimum absolute atomic E-state index is 0.0103. The van der Waals surface area contributed by atoms with Crippen molar-refractivity contribution >= 4 is 53.3 Å². The highest BCUT2D eigenvalue weighted by Crippen LogP contribution is 2.35. The van der Waals surface area contributed by atoms with E-state index in [0.29, 0.717) is 16.8 Å². The SMILES string of the molecule is CCOC(=O)C1=C(C)NC(=O)N[C@H]1c1ccc(OCC(=O)N/N=C\c2cc(Cl)c(OCC(=O)O)c(Cl)c2)c(OC)c1. The highest BCUT2D eigenvalue weighted by Gasteiger charge is 2.32. The van der Waals surface area contributed by atoms with Crippen molar-refractivity contribution < 1.29 is 43.2 Å².